The quantitative estimate of drug-likeness (QED) is 0.432. The van der Waals surface area contributed by atoms with Crippen molar-refractivity contribution in [2.75, 3.05) is 6.61 Å². The molecule has 1 heterocycles. The van der Waals surface area contributed by atoms with Gasteiger partial charge >= 0.3 is 0 Å². The van der Waals surface area contributed by atoms with Crippen LogP contribution in [0.1, 0.15) is 5.56 Å². The lowest BCUT2D eigenvalue weighted by atomic mass is 10.2. The minimum absolute atomic E-state index is 0.289. The normalized spacial score (nSPS) is 11.1. The van der Waals surface area contributed by atoms with Gasteiger partial charge in [-0.1, -0.05) is 35.9 Å². The molecule has 4 aromatic rings. The van der Waals surface area contributed by atoms with Crippen LogP contribution in [0.5, 0.6) is 5.75 Å². The summed E-state index contributed by atoms with van der Waals surface area (Å²) in [6.07, 6.45) is 0. The molecule has 0 amide bonds. The van der Waals surface area contributed by atoms with Gasteiger partial charge in [-0.25, -0.2) is 9.37 Å². The Morgan fingerprint density at radius 1 is 1.04 bits per heavy atom. The molecule has 1 aromatic heterocycles. The van der Waals surface area contributed by atoms with E-state index in [0.717, 1.165) is 22.3 Å². The number of benzene rings is 3. The van der Waals surface area contributed by atoms with E-state index in [-0.39, 0.29) is 5.82 Å². The van der Waals surface area contributed by atoms with Gasteiger partial charge in [0.05, 0.1) is 23.1 Å². The van der Waals surface area contributed by atoms with Crippen LogP contribution >= 0.6 is 11.6 Å². The van der Waals surface area contributed by atoms with Gasteiger partial charge in [-0.15, -0.1) is 0 Å². The van der Waals surface area contributed by atoms with Gasteiger partial charge in [-0.05, 0) is 55.0 Å². The Labute approximate surface area is 162 Å². The van der Waals surface area contributed by atoms with E-state index in [0.29, 0.717) is 29.6 Å². The zero-order chi connectivity index (χ0) is 18.8. The predicted octanol–water partition coefficient (Wildman–Crippen LogP) is 5.88. The van der Waals surface area contributed by atoms with Crippen LogP contribution < -0.4 is 4.74 Å². The minimum Gasteiger partial charge on any atom is -0.492 e. The van der Waals surface area contributed by atoms with Crippen LogP contribution in [0.25, 0.3) is 22.4 Å². The van der Waals surface area contributed by atoms with Crippen molar-refractivity contribution in [3.05, 3.63) is 83.1 Å². The highest BCUT2D eigenvalue weighted by Crippen LogP contribution is 2.27. The number of aromatic nitrogens is 2. The standard InChI is InChI=1S/C22H18ClFN2O/c1-15-14-16(10-11-18(15)23)27-13-12-26-21-9-5-4-8-20(21)25-22(26)17-6-2-3-7-19(17)24/h2-11,14H,12-13H2,1H3. The van der Waals surface area contributed by atoms with Crippen LogP contribution in [0.2, 0.25) is 5.02 Å². The Kier molecular flexibility index (Phi) is 4.82. The molecular weight excluding hydrogens is 363 g/mol. The second kappa shape index (κ2) is 7.41. The lowest BCUT2D eigenvalue weighted by molar-refractivity contribution is 0.300. The smallest absolute Gasteiger partial charge is 0.144 e. The minimum atomic E-state index is -0.289. The highest BCUT2D eigenvalue weighted by atomic mass is 35.5. The van der Waals surface area contributed by atoms with E-state index in [4.69, 9.17) is 16.3 Å². The number of halogens is 2. The Morgan fingerprint density at radius 2 is 1.81 bits per heavy atom. The van der Waals surface area contributed by atoms with Crippen molar-refractivity contribution >= 4 is 22.6 Å². The summed E-state index contributed by atoms with van der Waals surface area (Å²) in [7, 11) is 0. The molecule has 0 bridgehead atoms. The van der Waals surface area contributed by atoms with Crippen LogP contribution in [0.4, 0.5) is 4.39 Å². The van der Waals surface area contributed by atoms with Gasteiger partial charge in [0.2, 0.25) is 0 Å². The first-order valence-electron chi connectivity index (χ1n) is 8.72. The molecule has 0 aliphatic heterocycles. The largest absolute Gasteiger partial charge is 0.492 e. The fourth-order valence-electron chi connectivity index (χ4n) is 3.11. The second-order valence-corrected chi connectivity index (χ2v) is 6.72. The van der Waals surface area contributed by atoms with Crippen LogP contribution in [-0.2, 0) is 6.54 Å². The van der Waals surface area contributed by atoms with Gasteiger partial charge in [-0.2, -0.15) is 0 Å². The number of rotatable bonds is 5. The maximum absolute atomic E-state index is 14.4. The topological polar surface area (TPSA) is 27.1 Å². The first kappa shape index (κ1) is 17.6. The molecule has 5 heteroatoms. The second-order valence-electron chi connectivity index (χ2n) is 6.32. The molecule has 0 fully saturated rings. The Balaban J connectivity index is 1.65. The molecule has 3 aromatic carbocycles. The molecule has 0 N–H and O–H groups in total. The molecule has 0 spiro atoms. The van der Waals surface area contributed by atoms with E-state index in [1.807, 2.05) is 60.0 Å². The van der Waals surface area contributed by atoms with Crippen molar-refractivity contribution in [3.63, 3.8) is 0 Å². The van der Waals surface area contributed by atoms with Crippen LogP contribution in [-0.4, -0.2) is 16.2 Å². The van der Waals surface area contributed by atoms with Gasteiger partial charge in [0.15, 0.2) is 0 Å². The van der Waals surface area contributed by atoms with E-state index >= 15 is 0 Å². The number of aryl methyl sites for hydroxylation is 1. The molecule has 136 valence electrons. The van der Waals surface area contributed by atoms with E-state index < -0.39 is 0 Å². The third-order valence-corrected chi connectivity index (χ3v) is 4.91. The number of imidazole rings is 1. The fourth-order valence-corrected chi connectivity index (χ4v) is 3.23. The van der Waals surface area contributed by atoms with Crippen molar-refractivity contribution in [1.29, 1.82) is 0 Å². The van der Waals surface area contributed by atoms with Crippen molar-refractivity contribution < 1.29 is 9.13 Å². The molecule has 0 unspecified atom stereocenters. The fraction of sp³-hybridized carbons (Fsp3) is 0.136. The molecule has 0 aliphatic rings. The third kappa shape index (κ3) is 3.53. The summed E-state index contributed by atoms with van der Waals surface area (Å²) in [5, 5.41) is 0.713. The van der Waals surface area contributed by atoms with Gasteiger partial charge in [0, 0.05) is 5.02 Å². The van der Waals surface area contributed by atoms with E-state index in [1.54, 1.807) is 12.1 Å². The summed E-state index contributed by atoms with van der Waals surface area (Å²) in [6, 6.07) is 20.1. The lowest BCUT2D eigenvalue weighted by Crippen LogP contribution is -2.10. The van der Waals surface area contributed by atoms with E-state index in [9.17, 15) is 4.39 Å². The van der Waals surface area contributed by atoms with Crippen molar-refractivity contribution in [1.82, 2.24) is 9.55 Å². The summed E-state index contributed by atoms with van der Waals surface area (Å²) in [6.45, 7) is 2.92. The Hall–Kier alpha value is -2.85. The molecule has 4 rings (SSSR count). The summed E-state index contributed by atoms with van der Waals surface area (Å²) >= 11 is 6.06. The van der Waals surface area contributed by atoms with E-state index in [1.165, 1.54) is 6.07 Å². The highest BCUT2D eigenvalue weighted by Gasteiger charge is 2.15. The van der Waals surface area contributed by atoms with Crippen LogP contribution in [0.15, 0.2) is 66.7 Å². The molecule has 0 saturated heterocycles. The molecule has 0 aliphatic carbocycles. The van der Waals surface area contributed by atoms with Crippen LogP contribution in [0.3, 0.4) is 0 Å². The van der Waals surface area contributed by atoms with Crippen molar-refractivity contribution in [3.8, 4) is 17.1 Å². The highest BCUT2D eigenvalue weighted by molar-refractivity contribution is 6.31. The number of fused-ring (bicyclic) bond motifs is 1. The number of hydrogen-bond donors (Lipinski definition) is 0. The number of para-hydroxylation sites is 2. The number of nitrogens with zero attached hydrogens (tertiary/aromatic N) is 2. The molecule has 27 heavy (non-hydrogen) atoms. The van der Waals surface area contributed by atoms with Crippen LogP contribution in [0, 0.1) is 12.7 Å². The van der Waals surface area contributed by atoms with Gasteiger partial charge in [0.25, 0.3) is 0 Å². The summed E-state index contributed by atoms with van der Waals surface area (Å²) < 4.78 is 22.2. The molecule has 3 nitrogen and oxygen atoms in total. The van der Waals surface area contributed by atoms with Gasteiger partial charge < -0.3 is 9.30 Å². The maximum Gasteiger partial charge on any atom is 0.144 e. The Bertz CT molecular complexity index is 1110. The SMILES string of the molecule is Cc1cc(OCCn2c(-c3ccccc3F)nc3ccccc32)ccc1Cl. The average Bonchev–Trinajstić information content (AvgIpc) is 3.03. The monoisotopic (exact) mass is 380 g/mol. The molecule has 0 saturated carbocycles. The third-order valence-electron chi connectivity index (χ3n) is 4.48. The van der Waals surface area contributed by atoms with Crippen molar-refractivity contribution in [2.24, 2.45) is 0 Å². The Morgan fingerprint density at radius 3 is 2.63 bits per heavy atom. The van der Waals surface area contributed by atoms with E-state index in [2.05, 4.69) is 4.98 Å². The maximum atomic E-state index is 14.4. The number of ether oxygens (including phenoxy) is 1. The first-order valence-corrected chi connectivity index (χ1v) is 9.10. The average molecular weight is 381 g/mol. The molecule has 0 atom stereocenters. The van der Waals surface area contributed by atoms with Crippen molar-refractivity contribution in [2.45, 2.75) is 13.5 Å². The molecular formula is C22H18ClFN2O. The van der Waals surface area contributed by atoms with Gasteiger partial charge in [-0.3, -0.25) is 0 Å². The predicted molar refractivity (Wildman–Crippen MR) is 107 cm³/mol. The zero-order valence-electron chi connectivity index (χ0n) is 14.8. The lowest BCUT2D eigenvalue weighted by Gasteiger charge is -2.12. The van der Waals surface area contributed by atoms with Gasteiger partial charge in [0.1, 0.15) is 24.0 Å². The molecule has 0 radical (unpaired) electrons. The summed E-state index contributed by atoms with van der Waals surface area (Å²) in [5.41, 5.74) is 3.23. The summed E-state index contributed by atoms with van der Waals surface area (Å²) in [4.78, 5) is 4.65. The number of hydrogen-bond acceptors (Lipinski definition) is 2. The zero-order valence-corrected chi connectivity index (χ0v) is 15.6. The summed E-state index contributed by atoms with van der Waals surface area (Å²) in [5.74, 6) is 1.07. The first-order chi connectivity index (χ1) is 13.1.